The molecule has 1 aromatic heterocycles. The van der Waals surface area contributed by atoms with E-state index in [1.807, 2.05) is 72.9 Å². The van der Waals surface area contributed by atoms with Crippen molar-refractivity contribution < 1.29 is 23.7 Å². The van der Waals surface area contributed by atoms with Crippen LogP contribution in [0.3, 0.4) is 0 Å². The molecule has 0 bridgehead atoms. The summed E-state index contributed by atoms with van der Waals surface area (Å²) in [6.07, 6.45) is 4.01. The molecule has 5 rings (SSSR count). The lowest BCUT2D eigenvalue weighted by Crippen LogP contribution is -2.17. The quantitative estimate of drug-likeness (QED) is 0.334. The first-order valence-electron chi connectivity index (χ1n) is 12.2. The van der Waals surface area contributed by atoms with Gasteiger partial charge in [0.1, 0.15) is 12.4 Å². The first-order valence-corrected chi connectivity index (χ1v) is 12.2. The molecule has 1 aliphatic heterocycles. The highest BCUT2D eigenvalue weighted by Crippen LogP contribution is 2.34. The van der Waals surface area contributed by atoms with Gasteiger partial charge in [0, 0.05) is 30.1 Å². The average molecular weight is 500 g/mol. The fourth-order valence-corrected chi connectivity index (χ4v) is 4.29. The highest BCUT2D eigenvalue weighted by atomic mass is 16.5. The molecule has 1 amide bonds. The van der Waals surface area contributed by atoms with Crippen molar-refractivity contribution in [1.82, 2.24) is 9.78 Å². The zero-order valence-electron chi connectivity index (χ0n) is 20.8. The van der Waals surface area contributed by atoms with Crippen molar-refractivity contribution in [3.63, 3.8) is 0 Å². The zero-order valence-corrected chi connectivity index (χ0v) is 20.8. The van der Waals surface area contributed by atoms with Crippen LogP contribution in [0.4, 0.5) is 5.69 Å². The normalized spacial score (nSPS) is 14.8. The number of ether oxygens (including phenoxy) is 4. The third-order valence-electron chi connectivity index (χ3n) is 6.20. The minimum absolute atomic E-state index is 0.115. The van der Waals surface area contributed by atoms with Crippen LogP contribution in [0.1, 0.15) is 23.3 Å². The lowest BCUT2D eigenvalue weighted by atomic mass is 10.1. The molecule has 8 heteroatoms. The molecule has 0 spiro atoms. The molecule has 0 radical (unpaired) electrons. The molecule has 1 unspecified atom stereocenters. The average Bonchev–Trinajstić information content (AvgIpc) is 3.63. The van der Waals surface area contributed by atoms with E-state index in [0.717, 1.165) is 30.7 Å². The van der Waals surface area contributed by atoms with Crippen molar-refractivity contribution in [2.45, 2.75) is 18.9 Å². The second-order valence-corrected chi connectivity index (χ2v) is 8.67. The van der Waals surface area contributed by atoms with Gasteiger partial charge in [-0.1, -0.05) is 30.3 Å². The van der Waals surface area contributed by atoms with E-state index in [0.29, 0.717) is 35.1 Å². The summed E-state index contributed by atoms with van der Waals surface area (Å²) >= 11 is 0. The lowest BCUT2D eigenvalue weighted by Gasteiger charge is -2.13. The number of anilines is 1. The van der Waals surface area contributed by atoms with Crippen LogP contribution in [0.25, 0.3) is 16.8 Å². The highest BCUT2D eigenvalue weighted by molar-refractivity contribution is 6.07. The van der Waals surface area contributed by atoms with Crippen LogP contribution in [0.5, 0.6) is 17.2 Å². The molecular formula is C29H29N3O5. The predicted octanol–water partition coefficient (Wildman–Crippen LogP) is 5.37. The maximum absolute atomic E-state index is 13.5. The second-order valence-electron chi connectivity index (χ2n) is 8.67. The Hall–Kier alpha value is -4.30. The molecule has 190 valence electrons. The molecule has 1 fully saturated rings. The fourth-order valence-electron chi connectivity index (χ4n) is 4.29. The third-order valence-corrected chi connectivity index (χ3v) is 6.20. The first-order chi connectivity index (χ1) is 18.1. The van der Waals surface area contributed by atoms with Gasteiger partial charge in [-0.25, -0.2) is 4.68 Å². The van der Waals surface area contributed by atoms with Gasteiger partial charge >= 0.3 is 0 Å². The number of rotatable bonds is 9. The highest BCUT2D eigenvalue weighted by Gasteiger charge is 2.21. The van der Waals surface area contributed by atoms with Gasteiger partial charge < -0.3 is 24.3 Å². The van der Waals surface area contributed by atoms with Gasteiger partial charge in [-0.3, -0.25) is 4.79 Å². The van der Waals surface area contributed by atoms with E-state index in [2.05, 4.69) is 10.4 Å². The molecule has 1 aliphatic rings. The summed E-state index contributed by atoms with van der Waals surface area (Å²) in [5.41, 5.74) is 3.17. The van der Waals surface area contributed by atoms with Crippen LogP contribution < -0.4 is 19.5 Å². The van der Waals surface area contributed by atoms with Crippen LogP contribution in [-0.4, -0.2) is 49.2 Å². The van der Waals surface area contributed by atoms with Crippen LogP contribution in [-0.2, 0) is 4.74 Å². The largest absolute Gasteiger partial charge is 0.493 e. The number of para-hydroxylation sites is 1. The van der Waals surface area contributed by atoms with Crippen LogP contribution >= 0.6 is 0 Å². The van der Waals surface area contributed by atoms with E-state index in [-0.39, 0.29) is 17.7 Å². The molecule has 1 N–H and O–H groups in total. The number of nitrogens with zero attached hydrogens (tertiary/aromatic N) is 2. The number of hydrogen-bond donors (Lipinski definition) is 1. The van der Waals surface area contributed by atoms with E-state index < -0.39 is 0 Å². The van der Waals surface area contributed by atoms with Gasteiger partial charge in [-0.15, -0.1) is 0 Å². The van der Waals surface area contributed by atoms with Gasteiger partial charge in [0.05, 0.1) is 26.0 Å². The Labute approximate surface area is 215 Å². The molecule has 8 nitrogen and oxygen atoms in total. The Bertz CT molecular complexity index is 1360. The van der Waals surface area contributed by atoms with Gasteiger partial charge in [0.2, 0.25) is 0 Å². The smallest absolute Gasteiger partial charge is 0.276 e. The SMILES string of the molecule is COc1ccc(-c2cn(-c3ccccc3)nc2C(=O)Nc2cccc(OCC3CCCO3)c2)cc1OC. The lowest BCUT2D eigenvalue weighted by molar-refractivity contribution is 0.0680. The van der Waals surface area contributed by atoms with Gasteiger partial charge in [0.15, 0.2) is 17.2 Å². The van der Waals surface area contributed by atoms with Crippen molar-refractivity contribution >= 4 is 11.6 Å². The van der Waals surface area contributed by atoms with Crippen LogP contribution in [0, 0.1) is 0 Å². The predicted molar refractivity (Wildman–Crippen MR) is 141 cm³/mol. The van der Waals surface area contributed by atoms with E-state index >= 15 is 0 Å². The minimum Gasteiger partial charge on any atom is -0.493 e. The molecule has 0 aliphatic carbocycles. The van der Waals surface area contributed by atoms with Crippen molar-refractivity contribution in [2.24, 2.45) is 0 Å². The van der Waals surface area contributed by atoms with Crippen LogP contribution in [0.2, 0.25) is 0 Å². The molecule has 1 atom stereocenters. The summed E-state index contributed by atoms with van der Waals surface area (Å²) < 4.78 is 24.1. The third kappa shape index (κ3) is 5.59. The number of hydrogen-bond acceptors (Lipinski definition) is 6. The number of carbonyl (C=O) groups is 1. The number of nitrogens with one attached hydrogen (secondary N) is 1. The topological polar surface area (TPSA) is 83.8 Å². The van der Waals surface area contributed by atoms with Gasteiger partial charge in [0.25, 0.3) is 5.91 Å². The Kier molecular flexibility index (Phi) is 7.37. The molecule has 3 aromatic carbocycles. The van der Waals surface area contributed by atoms with E-state index in [4.69, 9.17) is 18.9 Å². The summed E-state index contributed by atoms with van der Waals surface area (Å²) in [6.45, 7) is 1.27. The summed E-state index contributed by atoms with van der Waals surface area (Å²) in [5, 5.41) is 7.62. The summed E-state index contributed by atoms with van der Waals surface area (Å²) in [6, 6.07) is 22.5. The van der Waals surface area contributed by atoms with Crippen LogP contribution in [0.15, 0.2) is 79.0 Å². The van der Waals surface area contributed by atoms with Crippen molar-refractivity contribution in [2.75, 3.05) is 32.8 Å². The van der Waals surface area contributed by atoms with Gasteiger partial charge in [-0.2, -0.15) is 5.10 Å². The number of benzene rings is 3. The molecule has 1 saturated heterocycles. The number of aromatic nitrogens is 2. The second kappa shape index (κ2) is 11.2. The molecule has 4 aromatic rings. The Morgan fingerprint density at radius 3 is 2.62 bits per heavy atom. The Morgan fingerprint density at radius 1 is 1.03 bits per heavy atom. The Balaban J connectivity index is 1.43. The Morgan fingerprint density at radius 2 is 1.86 bits per heavy atom. The number of amides is 1. The maximum atomic E-state index is 13.5. The fraction of sp³-hybridized carbons (Fsp3) is 0.241. The van der Waals surface area contributed by atoms with Crippen molar-refractivity contribution in [1.29, 1.82) is 0 Å². The first kappa shape index (κ1) is 24.4. The molecule has 0 saturated carbocycles. The van der Waals surface area contributed by atoms with Crippen molar-refractivity contribution in [3.05, 3.63) is 84.7 Å². The summed E-state index contributed by atoms with van der Waals surface area (Å²) in [4.78, 5) is 13.5. The summed E-state index contributed by atoms with van der Waals surface area (Å²) in [5.74, 6) is 1.50. The van der Waals surface area contributed by atoms with E-state index in [1.54, 1.807) is 25.0 Å². The maximum Gasteiger partial charge on any atom is 0.276 e. The number of carbonyl (C=O) groups excluding carboxylic acids is 1. The number of methoxy groups -OCH3 is 2. The zero-order chi connectivity index (χ0) is 25.6. The minimum atomic E-state index is -0.337. The summed E-state index contributed by atoms with van der Waals surface area (Å²) in [7, 11) is 3.17. The molecule has 37 heavy (non-hydrogen) atoms. The standard InChI is InChI=1S/C29H29N3O5/c1-34-26-14-13-20(16-27(26)35-2)25-18-32(22-9-4-3-5-10-22)31-28(25)29(33)30-21-8-6-11-23(17-21)37-19-24-12-7-15-36-24/h3-6,8-11,13-14,16-18,24H,7,12,15,19H2,1-2H3,(H,30,33). The molecular weight excluding hydrogens is 470 g/mol. The van der Waals surface area contributed by atoms with E-state index in [1.165, 1.54) is 0 Å². The monoisotopic (exact) mass is 499 g/mol. The molecule has 2 heterocycles. The van der Waals surface area contributed by atoms with E-state index in [9.17, 15) is 4.79 Å². The van der Waals surface area contributed by atoms with Crippen molar-refractivity contribution in [3.8, 4) is 34.1 Å². The van der Waals surface area contributed by atoms with Gasteiger partial charge in [-0.05, 0) is 54.8 Å².